The zero-order valence-corrected chi connectivity index (χ0v) is 17.2. The van der Waals surface area contributed by atoms with Gasteiger partial charge in [0.15, 0.2) is 0 Å². The molecule has 0 bridgehead atoms. The number of methoxy groups -OCH3 is 1. The van der Waals surface area contributed by atoms with E-state index in [9.17, 15) is 4.79 Å². The number of benzene rings is 1. The molecule has 5 nitrogen and oxygen atoms in total. The molecule has 6 heteroatoms. The maximum atomic E-state index is 11.9. The van der Waals surface area contributed by atoms with Crippen LogP contribution in [0.3, 0.4) is 0 Å². The number of amides is 1. The van der Waals surface area contributed by atoms with E-state index in [2.05, 4.69) is 51.7 Å². The Bertz CT molecular complexity index is 727. The number of anilines is 1. The Morgan fingerprint density at radius 3 is 2.56 bits per heavy atom. The summed E-state index contributed by atoms with van der Waals surface area (Å²) in [7, 11) is 1.72. The number of nitrogens with one attached hydrogen (secondary N) is 1. The molecule has 1 amide bonds. The van der Waals surface area contributed by atoms with Crippen LogP contribution < -0.4 is 15.0 Å². The summed E-state index contributed by atoms with van der Waals surface area (Å²) in [6.07, 6.45) is 0.517. The second kappa shape index (κ2) is 9.24. The van der Waals surface area contributed by atoms with Gasteiger partial charge in [-0.05, 0) is 30.5 Å². The lowest BCUT2D eigenvalue weighted by Crippen LogP contribution is -2.52. The first-order chi connectivity index (χ1) is 13.1. The zero-order valence-electron chi connectivity index (χ0n) is 16.4. The van der Waals surface area contributed by atoms with Crippen LogP contribution in [0.4, 0.5) is 5.69 Å². The van der Waals surface area contributed by atoms with Crippen molar-refractivity contribution in [1.82, 2.24) is 10.2 Å². The van der Waals surface area contributed by atoms with Crippen LogP contribution in [0.15, 0.2) is 41.8 Å². The lowest BCUT2D eigenvalue weighted by Gasteiger charge is -2.42. The van der Waals surface area contributed by atoms with Crippen LogP contribution in [0.25, 0.3) is 0 Å². The maximum Gasteiger partial charge on any atom is 0.219 e. The van der Waals surface area contributed by atoms with Gasteiger partial charge in [0.05, 0.1) is 18.8 Å². The Balaban J connectivity index is 1.72. The molecule has 1 aliphatic rings. The number of piperazine rings is 1. The maximum absolute atomic E-state index is 11.9. The molecule has 2 aromatic rings. The summed E-state index contributed by atoms with van der Waals surface area (Å²) in [4.78, 5) is 18.1. The Morgan fingerprint density at radius 2 is 1.93 bits per heavy atom. The first kappa shape index (κ1) is 19.7. The van der Waals surface area contributed by atoms with E-state index >= 15 is 0 Å². The van der Waals surface area contributed by atoms with Crippen molar-refractivity contribution in [2.45, 2.75) is 32.4 Å². The Morgan fingerprint density at radius 1 is 1.19 bits per heavy atom. The average molecular weight is 388 g/mol. The minimum Gasteiger partial charge on any atom is -0.495 e. The number of carbonyl (C=O) groups excluding carboxylic acids is 1. The van der Waals surface area contributed by atoms with Gasteiger partial charge in [0.25, 0.3) is 0 Å². The van der Waals surface area contributed by atoms with Crippen LogP contribution >= 0.6 is 11.3 Å². The van der Waals surface area contributed by atoms with Crippen molar-refractivity contribution in [2.75, 3.05) is 38.2 Å². The van der Waals surface area contributed by atoms with E-state index in [4.69, 9.17) is 4.74 Å². The zero-order chi connectivity index (χ0) is 19.2. The molecule has 1 aromatic carbocycles. The van der Waals surface area contributed by atoms with Gasteiger partial charge in [0.2, 0.25) is 5.91 Å². The van der Waals surface area contributed by atoms with Crippen LogP contribution in [-0.4, -0.2) is 50.1 Å². The highest BCUT2D eigenvalue weighted by atomic mass is 32.1. The SMILES string of the molecule is CCC(=O)N[C@@H](C)[C@H](c1cccs1)N1CCN(c2ccccc2OC)CC1. The lowest BCUT2D eigenvalue weighted by atomic mass is 10.0. The predicted octanol–water partition coefficient (Wildman–Crippen LogP) is 3.53. The number of nitrogens with zero attached hydrogens (tertiary/aromatic N) is 2. The average Bonchev–Trinajstić information content (AvgIpc) is 3.22. The molecule has 27 heavy (non-hydrogen) atoms. The molecular weight excluding hydrogens is 358 g/mol. The highest BCUT2D eigenvalue weighted by molar-refractivity contribution is 7.10. The summed E-state index contributed by atoms with van der Waals surface area (Å²) in [6, 6.07) is 12.7. The summed E-state index contributed by atoms with van der Waals surface area (Å²) < 4.78 is 5.52. The van der Waals surface area contributed by atoms with E-state index in [1.54, 1.807) is 18.4 Å². The Labute approximate surface area is 165 Å². The third-order valence-corrected chi connectivity index (χ3v) is 6.09. The molecule has 1 aromatic heterocycles. The number of rotatable bonds is 7. The van der Waals surface area contributed by atoms with Crippen molar-refractivity contribution in [2.24, 2.45) is 0 Å². The van der Waals surface area contributed by atoms with E-state index in [-0.39, 0.29) is 18.0 Å². The van der Waals surface area contributed by atoms with Crippen molar-refractivity contribution < 1.29 is 9.53 Å². The summed E-state index contributed by atoms with van der Waals surface area (Å²) in [5.74, 6) is 1.03. The molecule has 1 N–H and O–H groups in total. The van der Waals surface area contributed by atoms with Crippen molar-refractivity contribution >= 4 is 22.9 Å². The molecule has 146 valence electrons. The molecule has 0 radical (unpaired) electrons. The molecule has 0 unspecified atom stereocenters. The predicted molar refractivity (Wildman–Crippen MR) is 112 cm³/mol. The van der Waals surface area contributed by atoms with Crippen LogP contribution in [-0.2, 0) is 4.79 Å². The van der Waals surface area contributed by atoms with Gasteiger partial charge in [0, 0.05) is 43.5 Å². The molecule has 1 fully saturated rings. The van der Waals surface area contributed by atoms with Crippen LogP contribution in [0, 0.1) is 0 Å². The molecule has 3 rings (SSSR count). The molecule has 0 aliphatic carbocycles. The van der Waals surface area contributed by atoms with Crippen molar-refractivity contribution in [1.29, 1.82) is 0 Å². The number of para-hydroxylation sites is 2. The molecular formula is C21H29N3O2S. The van der Waals surface area contributed by atoms with Gasteiger partial charge in [-0.1, -0.05) is 25.1 Å². The highest BCUT2D eigenvalue weighted by Gasteiger charge is 2.31. The number of carbonyl (C=O) groups is 1. The van der Waals surface area contributed by atoms with Crippen molar-refractivity contribution in [3.8, 4) is 5.75 Å². The number of thiophene rings is 1. The molecule has 2 atom stereocenters. The van der Waals surface area contributed by atoms with Gasteiger partial charge in [0.1, 0.15) is 5.75 Å². The summed E-state index contributed by atoms with van der Waals surface area (Å²) in [5, 5.41) is 5.28. The first-order valence-corrected chi connectivity index (χ1v) is 10.5. The fourth-order valence-corrected chi connectivity index (χ4v) is 4.73. The van der Waals surface area contributed by atoms with Gasteiger partial charge in [-0.2, -0.15) is 0 Å². The van der Waals surface area contributed by atoms with Gasteiger partial charge < -0.3 is 15.0 Å². The van der Waals surface area contributed by atoms with E-state index in [0.29, 0.717) is 6.42 Å². The van der Waals surface area contributed by atoms with E-state index in [0.717, 1.165) is 37.6 Å². The number of hydrogen-bond acceptors (Lipinski definition) is 5. The van der Waals surface area contributed by atoms with E-state index in [1.807, 2.05) is 19.1 Å². The van der Waals surface area contributed by atoms with Crippen molar-refractivity contribution in [3.63, 3.8) is 0 Å². The number of ether oxygens (including phenoxy) is 1. The number of hydrogen-bond donors (Lipinski definition) is 1. The van der Waals surface area contributed by atoms with Gasteiger partial charge in [-0.15, -0.1) is 11.3 Å². The fourth-order valence-electron chi connectivity index (χ4n) is 3.77. The largest absolute Gasteiger partial charge is 0.495 e. The second-order valence-electron chi connectivity index (χ2n) is 6.86. The molecule has 0 spiro atoms. The molecule has 1 aliphatic heterocycles. The monoisotopic (exact) mass is 387 g/mol. The minimum atomic E-state index is 0.0777. The minimum absolute atomic E-state index is 0.0777. The lowest BCUT2D eigenvalue weighted by molar-refractivity contribution is -0.121. The first-order valence-electron chi connectivity index (χ1n) is 9.58. The third-order valence-electron chi connectivity index (χ3n) is 5.15. The topological polar surface area (TPSA) is 44.8 Å². The summed E-state index contributed by atoms with van der Waals surface area (Å²) >= 11 is 1.76. The molecule has 0 saturated carbocycles. The Kier molecular flexibility index (Phi) is 6.74. The standard InChI is InChI=1S/C21H29N3O2S/c1-4-20(25)22-16(2)21(19-10-7-15-27-19)24-13-11-23(12-14-24)17-8-5-6-9-18(17)26-3/h5-10,15-16,21H,4,11-14H2,1-3H3,(H,22,25)/t16-,21+/m0/s1. The van der Waals surface area contributed by atoms with Crippen molar-refractivity contribution in [3.05, 3.63) is 46.7 Å². The van der Waals surface area contributed by atoms with Gasteiger partial charge in [-0.3, -0.25) is 9.69 Å². The second-order valence-corrected chi connectivity index (χ2v) is 7.84. The van der Waals surface area contributed by atoms with Crippen LogP contribution in [0.2, 0.25) is 0 Å². The normalized spacial score (nSPS) is 17.4. The highest BCUT2D eigenvalue weighted by Crippen LogP contribution is 2.32. The van der Waals surface area contributed by atoms with Crippen LogP contribution in [0.5, 0.6) is 5.75 Å². The molecule has 2 heterocycles. The van der Waals surface area contributed by atoms with E-state index in [1.165, 1.54) is 4.88 Å². The molecule has 1 saturated heterocycles. The van der Waals surface area contributed by atoms with Gasteiger partial charge >= 0.3 is 0 Å². The summed E-state index contributed by atoms with van der Waals surface area (Å²) in [5.41, 5.74) is 1.15. The van der Waals surface area contributed by atoms with E-state index < -0.39 is 0 Å². The van der Waals surface area contributed by atoms with Crippen LogP contribution in [0.1, 0.15) is 31.2 Å². The Hall–Kier alpha value is -2.05. The smallest absolute Gasteiger partial charge is 0.219 e. The van der Waals surface area contributed by atoms with Gasteiger partial charge in [-0.25, -0.2) is 0 Å². The fraction of sp³-hybridized carbons (Fsp3) is 0.476. The quantitative estimate of drug-likeness (QED) is 0.789. The third kappa shape index (κ3) is 4.62. The summed E-state index contributed by atoms with van der Waals surface area (Å²) in [6.45, 7) is 7.80.